The Labute approximate surface area is 111 Å². The molecule has 0 heterocycles. The van der Waals surface area contributed by atoms with Crippen LogP contribution >= 0.6 is 11.6 Å². The van der Waals surface area contributed by atoms with Crippen molar-refractivity contribution in [1.29, 1.82) is 0 Å². The number of hydrogen-bond acceptors (Lipinski definition) is 4. The summed E-state index contributed by atoms with van der Waals surface area (Å²) in [7, 11) is 0. The van der Waals surface area contributed by atoms with Crippen molar-refractivity contribution in [3.63, 3.8) is 0 Å². The summed E-state index contributed by atoms with van der Waals surface area (Å²) >= 11 is 5.62. The van der Waals surface area contributed by atoms with Crippen LogP contribution in [0, 0.1) is 0 Å². The standard InChI is InChI=1S/C11H8ClF3O4/c1-2-18-10(17)6-3-8(12)7(5-16)9(4-6)19-11(13,14)15/h3-5H,2H2,1H3. The number of esters is 1. The second-order valence-electron chi connectivity index (χ2n) is 3.26. The van der Waals surface area contributed by atoms with E-state index < -0.39 is 23.6 Å². The van der Waals surface area contributed by atoms with Gasteiger partial charge in [0.05, 0.1) is 22.8 Å². The monoisotopic (exact) mass is 296 g/mol. The molecule has 19 heavy (non-hydrogen) atoms. The van der Waals surface area contributed by atoms with E-state index in [0.29, 0.717) is 0 Å². The molecule has 0 fully saturated rings. The van der Waals surface area contributed by atoms with Gasteiger partial charge in [0.1, 0.15) is 5.75 Å². The molecule has 0 amide bonds. The number of halogens is 4. The van der Waals surface area contributed by atoms with Crippen molar-refractivity contribution >= 4 is 23.9 Å². The molecule has 0 spiro atoms. The van der Waals surface area contributed by atoms with Gasteiger partial charge in [-0.05, 0) is 19.1 Å². The summed E-state index contributed by atoms with van der Waals surface area (Å²) in [5.74, 6) is -1.72. The molecule has 104 valence electrons. The lowest BCUT2D eigenvalue weighted by molar-refractivity contribution is -0.274. The first-order chi connectivity index (χ1) is 8.78. The first-order valence-electron chi connectivity index (χ1n) is 5.00. The predicted octanol–water partition coefficient (Wildman–Crippen LogP) is 3.23. The summed E-state index contributed by atoms with van der Waals surface area (Å²) in [6.45, 7) is 1.58. The van der Waals surface area contributed by atoms with E-state index in [1.807, 2.05) is 0 Å². The third-order valence-electron chi connectivity index (χ3n) is 1.95. The second-order valence-corrected chi connectivity index (χ2v) is 3.66. The first-order valence-corrected chi connectivity index (χ1v) is 5.38. The molecule has 4 nitrogen and oxygen atoms in total. The van der Waals surface area contributed by atoms with E-state index in [-0.39, 0.29) is 23.5 Å². The van der Waals surface area contributed by atoms with Gasteiger partial charge in [0.2, 0.25) is 0 Å². The Kier molecular flexibility index (Phi) is 4.77. The smallest absolute Gasteiger partial charge is 0.462 e. The van der Waals surface area contributed by atoms with E-state index in [4.69, 9.17) is 11.6 Å². The van der Waals surface area contributed by atoms with Crippen LogP contribution in [0.4, 0.5) is 13.2 Å². The van der Waals surface area contributed by atoms with Crippen LogP contribution in [-0.4, -0.2) is 25.2 Å². The molecular weight excluding hydrogens is 289 g/mol. The zero-order valence-corrected chi connectivity index (χ0v) is 10.3. The van der Waals surface area contributed by atoms with E-state index in [9.17, 15) is 22.8 Å². The highest BCUT2D eigenvalue weighted by Crippen LogP contribution is 2.31. The number of aldehydes is 1. The molecule has 0 bridgehead atoms. The molecule has 1 rings (SSSR count). The summed E-state index contributed by atoms with van der Waals surface area (Å²) in [6.07, 6.45) is -4.90. The highest BCUT2D eigenvalue weighted by atomic mass is 35.5. The molecule has 0 atom stereocenters. The Morgan fingerprint density at radius 2 is 2.05 bits per heavy atom. The Hall–Kier alpha value is -1.76. The highest BCUT2D eigenvalue weighted by Gasteiger charge is 2.33. The minimum absolute atomic E-state index is 0.0430. The molecule has 0 aliphatic rings. The van der Waals surface area contributed by atoms with Gasteiger partial charge >= 0.3 is 12.3 Å². The van der Waals surface area contributed by atoms with Gasteiger partial charge in [0.25, 0.3) is 0 Å². The zero-order chi connectivity index (χ0) is 14.6. The maximum atomic E-state index is 12.2. The average molecular weight is 297 g/mol. The van der Waals surface area contributed by atoms with Crippen molar-refractivity contribution < 1.29 is 32.2 Å². The molecule has 0 aliphatic carbocycles. The Bertz CT molecular complexity index is 499. The van der Waals surface area contributed by atoms with E-state index in [1.165, 1.54) is 6.92 Å². The molecule has 1 aromatic carbocycles. The number of benzene rings is 1. The second kappa shape index (κ2) is 5.92. The van der Waals surface area contributed by atoms with Crippen molar-refractivity contribution in [2.24, 2.45) is 0 Å². The fraction of sp³-hybridized carbons (Fsp3) is 0.273. The average Bonchev–Trinajstić information content (AvgIpc) is 2.26. The first kappa shape index (κ1) is 15.3. The number of hydrogen-bond donors (Lipinski definition) is 0. The van der Waals surface area contributed by atoms with E-state index in [2.05, 4.69) is 9.47 Å². The minimum atomic E-state index is -5.01. The highest BCUT2D eigenvalue weighted by molar-refractivity contribution is 6.33. The van der Waals surface area contributed by atoms with Crippen LogP contribution in [0.25, 0.3) is 0 Å². The van der Waals surface area contributed by atoms with Gasteiger partial charge in [-0.2, -0.15) is 0 Å². The third kappa shape index (κ3) is 4.13. The SMILES string of the molecule is CCOC(=O)c1cc(Cl)c(C=O)c(OC(F)(F)F)c1. The van der Waals surface area contributed by atoms with Crippen LogP contribution in [0.15, 0.2) is 12.1 Å². The molecule has 0 aromatic heterocycles. The summed E-state index contributed by atoms with van der Waals surface area (Å²) in [5.41, 5.74) is -0.733. The van der Waals surface area contributed by atoms with Crippen molar-refractivity contribution in [3.05, 3.63) is 28.3 Å². The molecule has 0 unspecified atom stereocenters. The quantitative estimate of drug-likeness (QED) is 0.632. The van der Waals surface area contributed by atoms with Crippen LogP contribution in [0.2, 0.25) is 5.02 Å². The van der Waals surface area contributed by atoms with Gasteiger partial charge in [-0.25, -0.2) is 4.79 Å². The van der Waals surface area contributed by atoms with Crippen molar-refractivity contribution in [2.75, 3.05) is 6.61 Å². The van der Waals surface area contributed by atoms with Gasteiger partial charge < -0.3 is 9.47 Å². The molecule has 0 aliphatic heterocycles. The largest absolute Gasteiger partial charge is 0.573 e. The Morgan fingerprint density at radius 1 is 1.42 bits per heavy atom. The molecule has 8 heteroatoms. The maximum absolute atomic E-state index is 12.2. The fourth-order valence-electron chi connectivity index (χ4n) is 1.25. The lowest BCUT2D eigenvalue weighted by Gasteiger charge is -2.13. The Morgan fingerprint density at radius 3 is 2.53 bits per heavy atom. The number of ether oxygens (including phenoxy) is 2. The number of carbonyl (C=O) groups excluding carboxylic acids is 2. The van der Waals surface area contributed by atoms with Crippen molar-refractivity contribution in [1.82, 2.24) is 0 Å². The molecule has 0 saturated heterocycles. The van der Waals surface area contributed by atoms with Crippen molar-refractivity contribution in [3.8, 4) is 5.75 Å². The molecule has 0 saturated carbocycles. The van der Waals surface area contributed by atoms with Crippen molar-refractivity contribution in [2.45, 2.75) is 13.3 Å². The number of carbonyl (C=O) groups is 2. The zero-order valence-electron chi connectivity index (χ0n) is 9.58. The van der Waals surface area contributed by atoms with Crippen LogP contribution < -0.4 is 4.74 Å². The lowest BCUT2D eigenvalue weighted by Crippen LogP contribution is -2.19. The van der Waals surface area contributed by atoms with E-state index in [1.54, 1.807) is 0 Å². The topological polar surface area (TPSA) is 52.6 Å². The lowest BCUT2D eigenvalue weighted by atomic mass is 10.1. The maximum Gasteiger partial charge on any atom is 0.573 e. The van der Waals surface area contributed by atoms with Gasteiger partial charge in [-0.1, -0.05) is 11.6 Å². The van der Waals surface area contributed by atoms with Crippen LogP contribution in [0.5, 0.6) is 5.75 Å². The van der Waals surface area contributed by atoms with Gasteiger partial charge in [-0.3, -0.25) is 4.79 Å². The summed E-state index contributed by atoms with van der Waals surface area (Å²) in [4.78, 5) is 22.1. The van der Waals surface area contributed by atoms with E-state index in [0.717, 1.165) is 12.1 Å². The van der Waals surface area contributed by atoms with Gasteiger partial charge in [-0.15, -0.1) is 13.2 Å². The minimum Gasteiger partial charge on any atom is -0.462 e. The van der Waals surface area contributed by atoms with Crippen LogP contribution in [0.3, 0.4) is 0 Å². The predicted molar refractivity (Wildman–Crippen MR) is 59.5 cm³/mol. The van der Waals surface area contributed by atoms with Crippen LogP contribution in [-0.2, 0) is 4.74 Å². The molecule has 1 aromatic rings. The number of rotatable bonds is 4. The van der Waals surface area contributed by atoms with Gasteiger partial charge in [0.15, 0.2) is 6.29 Å². The third-order valence-corrected chi connectivity index (χ3v) is 2.26. The van der Waals surface area contributed by atoms with Gasteiger partial charge in [0, 0.05) is 0 Å². The number of alkyl halides is 3. The molecular formula is C11H8ClF3O4. The summed E-state index contributed by atoms with van der Waals surface area (Å²) in [5, 5.41) is -0.334. The van der Waals surface area contributed by atoms with E-state index >= 15 is 0 Å². The normalized spacial score (nSPS) is 11.0. The Balaban J connectivity index is 3.26. The summed E-state index contributed by atoms with van der Waals surface area (Å²) < 4.78 is 44.8. The fourth-order valence-corrected chi connectivity index (χ4v) is 1.50. The summed E-state index contributed by atoms with van der Waals surface area (Å²) in [6, 6.07) is 1.79. The van der Waals surface area contributed by atoms with Crippen LogP contribution in [0.1, 0.15) is 27.6 Å². The molecule has 0 radical (unpaired) electrons. The molecule has 0 N–H and O–H groups in total.